The Bertz CT molecular complexity index is 592. The van der Waals surface area contributed by atoms with Gasteiger partial charge in [-0.15, -0.1) is 24.0 Å². The van der Waals surface area contributed by atoms with Crippen LogP contribution in [0.3, 0.4) is 0 Å². The van der Waals surface area contributed by atoms with Crippen molar-refractivity contribution in [2.24, 2.45) is 4.99 Å². The summed E-state index contributed by atoms with van der Waals surface area (Å²) in [5, 5.41) is 6.76. The molecule has 2 N–H and O–H groups in total. The van der Waals surface area contributed by atoms with Crippen molar-refractivity contribution < 1.29 is 14.2 Å². The molecule has 1 aromatic carbocycles. The summed E-state index contributed by atoms with van der Waals surface area (Å²) in [6.45, 7) is 2.36. The van der Waals surface area contributed by atoms with Crippen LogP contribution in [0, 0.1) is 0 Å². The Kier molecular flexibility index (Phi) is 10.8. The summed E-state index contributed by atoms with van der Waals surface area (Å²) in [5.41, 5.74) is 1.15. The third-order valence-corrected chi connectivity index (χ3v) is 4.62. The molecule has 1 aromatic rings. The highest BCUT2D eigenvalue weighted by molar-refractivity contribution is 14.0. The van der Waals surface area contributed by atoms with Crippen LogP contribution < -0.4 is 20.1 Å². The molecule has 0 bridgehead atoms. The average Bonchev–Trinajstić information content (AvgIpc) is 3.17. The molecule has 0 aliphatic carbocycles. The zero-order chi connectivity index (χ0) is 18.9. The second kappa shape index (κ2) is 12.2. The monoisotopic (exact) mass is 492 g/mol. The third kappa shape index (κ3) is 7.00. The van der Waals surface area contributed by atoms with E-state index in [1.807, 2.05) is 12.1 Å². The number of ether oxygens (including phenoxy) is 3. The predicted molar refractivity (Wildman–Crippen MR) is 120 cm³/mol. The molecule has 2 unspecified atom stereocenters. The van der Waals surface area contributed by atoms with Crippen molar-refractivity contribution in [3.8, 4) is 11.5 Å². The maximum atomic E-state index is 5.65. The van der Waals surface area contributed by atoms with Gasteiger partial charge in [0.15, 0.2) is 17.5 Å². The zero-order valence-electron chi connectivity index (χ0n) is 16.9. The minimum absolute atomic E-state index is 0. The van der Waals surface area contributed by atoms with E-state index in [0.717, 1.165) is 49.0 Å². The van der Waals surface area contributed by atoms with E-state index in [2.05, 4.69) is 40.7 Å². The molecule has 1 fully saturated rings. The quantitative estimate of drug-likeness (QED) is 0.330. The predicted octanol–water partition coefficient (Wildman–Crippen LogP) is 2.27. The van der Waals surface area contributed by atoms with Gasteiger partial charge >= 0.3 is 0 Å². The minimum Gasteiger partial charge on any atom is -0.493 e. The highest BCUT2D eigenvalue weighted by atomic mass is 127. The molecule has 8 heteroatoms. The van der Waals surface area contributed by atoms with Gasteiger partial charge in [0, 0.05) is 26.7 Å². The molecular weight excluding hydrogens is 459 g/mol. The number of halogens is 1. The smallest absolute Gasteiger partial charge is 0.191 e. The fourth-order valence-electron chi connectivity index (χ4n) is 3.09. The maximum absolute atomic E-state index is 5.65. The van der Waals surface area contributed by atoms with Gasteiger partial charge in [0.1, 0.15) is 0 Å². The summed E-state index contributed by atoms with van der Waals surface area (Å²) in [7, 11) is 9.21. The van der Waals surface area contributed by atoms with Crippen LogP contribution in [0.1, 0.15) is 24.4 Å². The molecule has 1 aliphatic rings. The number of hydrogen-bond acceptors (Lipinski definition) is 5. The third-order valence-electron chi connectivity index (χ3n) is 4.62. The zero-order valence-corrected chi connectivity index (χ0v) is 19.3. The van der Waals surface area contributed by atoms with Crippen molar-refractivity contribution in [3.63, 3.8) is 0 Å². The van der Waals surface area contributed by atoms with Crippen molar-refractivity contribution in [1.82, 2.24) is 15.5 Å². The average molecular weight is 492 g/mol. The number of likely N-dealkylation sites (N-methyl/N-ethyl adjacent to an activating group) is 1. The highest BCUT2D eigenvalue weighted by Crippen LogP contribution is 2.31. The van der Waals surface area contributed by atoms with Gasteiger partial charge < -0.3 is 29.7 Å². The molecule has 1 saturated heterocycles. The number of guanidine groups is 1. The Morgan fingerprint density at radius 1 is 1.26 bits per heavy atom. The van der Waals surface area contributed by atoms with Gasteiger partial charge in [0.2, 0.25) is 0 Å². The van der Waals surface area contributed by atoms with Gasteiger partial charge in [-0.1, -0.05) is 6.07 Å². The molecule has 2 atom stereocenters. The first kappa shape index (κ1) is 23.8. The van der Waals surface area contributed by atoms with Crippen LogP contribution in [0.2, 0.25) is 0 Å². The largest absolute Gasteiger partial charge is 0.493 e. The van der Waals surface area contributed by atoms with Crippen molar-refractivity contribution in [1.29, 1.82) is 0 Å². The second-order valence-corrected chi connectivity index (χ2v) is 6.56. The molecule has 0 spiro atoms. The summed E-state index contributed by atoms with van der Waals surface area (Å²) >= 11 is 0. The maximum Gasteiger partial charge on any atom is 0.191 e. The van der Waals surface area contributed by atoms with Crippen LogP contribution in [0.5, 0.6) is 11.5 Å². The first-order valence-corrected chi connectivity index (χ1v) is 9.03. The van der Waals surface area contributed by atoms with Crippen LogP contribution in [0.4, 0.5) is 0 Å². The highest BCUT2D eigenvalue weighted by Gasteiger charge is 2.18. The molecule has 0 radical (unpaired) electrons. The standard InChI is InChI=1S/C19H32N4O3.HI/c1-20-19(21-12-15-7-6-10-26-15)22-13-16(23(2)3)14-8-9-17(24-4)18(11-14)25-5;/h8-9,11,15-16H,6-7,10,12-13H2,1-5H3,(H2,20,21,22);1H. The van der Waals surface area contributed by atoms with E-state index < -0.39 is 0 Å². The van der Waals surface area contributed by atoms with E-state index in [4.69, 9.17) is 14.2 Å². The van der Waals surface area contributed by atoms with Crippen LogP contribution in [0.25, 0.3) is 0 Å². The second-order valence-electron chi connectivity index (χ2n) is 6.56. The van der Waals surface area contributed by atoms with E-state index in [0.29, 0.717) is 6.54 Å². The van der Waals surface area contributed by atoms with Crippen molar-refractivity contribution in [2.45, 2.75) is 25.0 Å². The molecule has 27 heavy (non-hydrogen) atoms. The first-order valence-electron chi connectivity index (χ1n) is 9.03. The molecule has 0 saturated carbocycles. The SMILES string of the molecule is CN=C(NCC1CCCO1)NCC(c1ccc(OC)c(OC)c1)N(C)C.I. The van der Waals surface area contributed by atoms with Gasteiger partial charge in [0.05, 0.1) is 26.4 Å². The number of nitrogens with one attached hydrogen (secondary N) is 2. The summed E-state index contributed by atoms with van der Waals surface area (Å²) in [6, 6.07) is 6.19. The molecular formula is C19H33IN4O3. The number of nitrogens with zero attached hydrogens (tertiary/aromatic N) is 2. The molecule has 154 valence electrons. The fourth-order valence-corrected chi connectivity index (χ4v) is 3.09. The molecule has 2 rings (SSSR count). The lowest BCUT2D eigenvalue weighted by Crippen LogP contribution is -2.44. The van der Waals surface area contributed by atoms with Crippen LogP contribution in [-0.2, 0) is 4.74 Å². The minimum atomic E-state index is 0. The van der Waals surface area contributed by atoms with Crippen LogP contribution in [-0.4, -0.2) is 72.0 Å². The fraction of sp³-hybridized carbons (Fsp3) is 0.632. The lowest BCUT2D eigenvalue weighted by Gasteiger charge is -2.27. The summed E-state index contributed by atoms with van der Waals surface area (Å²) in [4.78, 5) is 6.48. The van der Waals surface area contributed by atoms with E-state index in [9.17, 15) is 0 Å². The van der Waals surface area contributed by atoms with E-state index in [1.165, 1.54) is 0 Å². The normalized spacial score (nSPS) is 18.0. The van der Waals surface area contributed by atoms with Gasteiger partial charge in [-0.2, -0.15) is 0 Å². The van der Waals surface area contributed by atoms with Gasteiger partial charge in [-0.3, -0.25) is 4.99 Å². The van der Waals surface area contributed by atoms with E-state index >= 15 is 0 Å². The van der Waals surface area contributed by atoms with Crippen LogP contribution in [0.15, 0.2) is 23.2 Å². The van der Waals surface area contributed by atoms with Gasteiger partial charge in [-0.25, -0.2) is 0 Å². The Hall–Kier alpha value is -1.26. The van der Waals surface area contributed by atoms with Crippen molar-refractivity contribution >= 4 is 29.9 Å². The molecule has 0 aromatic heterocycles. The lowest BCUT2D eigenvalue weighted by molar-refractivity contribution is 0.113. The summed E-state index contributed by atoms with van der Waals surface area (Å²) in [6.07, 6.45) is 2.53. The topological polar surface area (TPSA) is 67.4 Å². The van der Waals surface area contributed by atoms with E-state index in [-0.39, 0.29) is 36.1 Å². The summed E-state index contributed by atoms with van der Waals surface area (Å²) < 4.78 is 16.4. The van der Waals surface area contributed by atoms with Crippen LogP contribution >= 0.6 is 24.0 Å². The first-order chi connectivity index (χ1) is 12.6. The van der Waals surface area contributed by atoms with Gasteiger partial charge in [-0.05, 0) is 44.6 Å². The Morgan fingerprint density at radius 2 is 2.00 bits per heavy atom. The molecule has 1 aliphatic heterocycles. The molecule has 0 amide bonds. The van der Waals surface area contributed by atoms with Gasteiger partial charge in [0.25, 0.3) is 0 Å². The number of rotatable bonds is 8. The van der Waals surface area contributed by atoms with E-state index in [1.54, 1.807) is 21.3 Å². The molecule has 7 nitrogen and oxygen atoms in total. The Labute approximate surface area is 179 Å². The number of aliphatic imine (C=N–C) groups is 1. The summed E-state index contributed by atoms with van der Waals surface area (Å²) in [5.74, 6) is 2.25. The molecule has 1 heterocycles. The number of methoxy groups -OCH3 is 2. The van der Waals surface area contributed by atoms with Crippen molar-refractivity contribution in [2.75, 3.05) is 55.1 Å². The Balaban J connectivity index is 0.00000364. The lowest BCUT2D eigenvalue weighted by atomic mass is 10.1. The number of benzene rings is 1. The number of hydrogen-bond donors (Lipinski definition) is 2. The van der Waals surface area contributed by atoms with Crippen molar-refractivity contribution in [3.05, 3.63) is 23.8 Å². The Morgan fingerprint density at radius 3 is 2.56 bits per heavy atom.